The van der Waals surface area contributed by atoms with Crippen LogP contribution in [0.3, 0.4) is 0 Å². The molecule has 0 aliphatic heterocycles. The van der Waals surface area contributed by atoms with Crippen molar-refractivity contribution in [2.45, 2.75) is 19.9 Å². The molecule has 6 heteroatoms. The maximum absolute atomic E-state index is 12.9. The minimum absolute atomic E-state index is 0.0290. The number of rotatable bonds is 3. The van der Waals surface area contributed by atoms with Gasteiger partial charge in [0.1, 0.15) is 5.82 Å². The number of amides is 2. The minimum Gasteiger partial charge on any atom is -0.478 e. The van der Waals surface area contributed by atoms with Crippen molar-refractivity contribution in [3.63, 3.8) is 0 Å². The van der Waals surface area contributed by atoms with Crippen molar-refractivity contribution in [1.29, 1.82) is 0 Å². The molecule has 0 unspecified atom stereocenters. The number of benzene rings is 1. The number of hydrogen-bond donors (Lipinski definition) is 2. The van der Waals surface area contributed by atoms with E-state index in [1.165, 1.54) is 11.0 Å². The van der Waals surface area contributed by atoms with E-state index in [4.69, 9.17) is 5.11 Å². The van der Waals surface area contributed by atoms with Crippen LogP contribution >= 0.6 is 0 Å². The quantitative estimate of drug-likeness (QED) is 0.870. The highest BCUT2D eigenvalue weighted by Gasteiger charge is 2.16. The Kier molecular flexibility index (Phi) is 4.25. The van der Waals surface area contributed by atoms with Crippen LogP contribution in [0.25, 0.3) is 0 Å². The average Bonchev–Trinajstić information content (AvgIpc) is 2.29. The van der Waals surface area contributed by atoms with Gasteiger partial charge in [0.15, 0.2) is 0 Å². The summed E-state index contributed by atoms with van der Waals surface area (Å²) < 4.78 is 12.9. The standard InChI is InChI=1S/C12H15FN2O3/c1-7(2)15(3)12(18)14-10-5-4-8(13)6-9(10)11(16)17/h4-7H,1-3H3,(H,14,18)(H,16,17). The second-order valence-corrected chi connectivity index (χ2v) is 4.13. The maximum Gasteiger partial charge on any atom is 0.337 e. The molecule has 98 valence electrons. The largest absolute Gasteiger partial charge is 0.478 e. The van der Waals surface area contributed by atoms with Crippen LogP contribution in [-0.4, -0.2) is 35.1 Å². The number of carboxylic acids is 1. The average molecular weight is 254 g/mol. The van der Waals surface area contributed by atoms with E-state index in [-0.39, 0.29) is 17.3 Å². The molecule has 2 N–H and O–H groups in total. The highest BCUT2D eigenvalue weighted by atomic mass is 19.1. The fraction of sp³-hybridized carbons (Fsp3) is 0.333. The van der Waals surface area contributed by atoms with Crippen LogP contribution in [0.5, 0.6) is 0 Å². The van der Waals surface area contributed by atoms with Gasteiger partial charge in [-0.15, -0.1) is 0 Å². The van der Waals surface area contributed by atoms with E-state index in [1.807, 2.05) is 13.8 Å². The molecule has 18 heavy (non-hydrogen) atoms. The third-order valence-electron chi connectivity index (χ3n) is 2.55. The van der Waals surface area contributed by atoms with Gasteiger partial charge in [-0.25, -0.2) is 14.0 Å². The third-order valence-corrected chi connectivity index (χ3v) is 2.55. The Morgan fingerprint density at radius 3 is 2.50 bits per heavy atom. The molecule has 1 rings (SSSR count). The Balaban J connectivity index is 2.98. The van der Waals surface area contributed by atoms with E-state index in [0.29, 0.717) is 0 Å². The molecule has 0 aliphatic carbocycles. The summed E-state index contributed by atoms with van der Waals surface area (Å²) in [4.78, 5) is 24.1. The number of aromatic carboxylic acids is 1. The summed E-state index contributed by atoms with van der Waals surface area (Å²) in [6, 6.07) is 2.72. The summed E-state index contributed by atoms with van der Waals surface area (Å²) in [6.07, 6.45) is 0. The Morgan fingerprint density at radius 1 is 1.39 bits per heavy atom. The van der Waals surface area contributed by atoms with Crippen LogP contribution in [0.2, 0.25) is 0 Å². The molecule has 5 nitrogen and oxygen atoms in total. The molecular formula is C12H15FN2O3. The Labute approximate surface area is 104 Å². The van der Waals surface area contributed by atoms with Gasteiger partial charge in [0.05, 0.1) is 11.3 Å². The van der Waals surface area contributed by atoms with E-state index in [9.17, 15) is 14.0 Å². The lowest BCUT2D eigenvalue weighted by Crippen LogP contribution is -2.36. The fourth-order valence-corrected chi connectivity index (χ4v) is 1.24. The number of hydrogen-bond acceptors (Lipinski definition) is 2. The normalized spacial score (nSPS) is 10.3. The number of carbonyl (C=O) groups excluding carboxylic acids is 1. The van der Waals surface area contributed by atoms with Crippen molar-refractivity contribution < 1.29 is 19.1 Å². The molecule has 0 atom stereocenters. The lowest BCUT2D eigenvalue weighted by molar-refractivity contribution is 0.0697. The third kappa shape index (κ3) is 3.19. The van der Waals surface area contributed by atoms with Gasteiger partial charge in [-0.2, -0.15) is 0 Å². The highest BCUT2D eigenvalue weighted by molar-refractivity contribution is 5.99. The van der Waals surface area contributed by atoms with E-state index < -0.39 is 17.8 Å². The molecule has 0 spiro atoms. The van der Waals surface area contributed by atoms with Crippen LogP contribution in [0.1, 0.15) is 24.2 Å². The predicted molar refractivity (Wildman–Crippen MR) is 65.3 cm³/mol. The van der Waals surface area contributed by atoms with E-state index in [1.54, 1.807) is 7.05 Å². The molecule has 1 aromatic rings. The zero-order chi connectivity index (χ0) is 13.9. The molecule has 0 saturated carbocycles. The number of nitrogens with one attached hydrogen (secondary N) is 1. The molecule has 0 heterocycles. The van der Waals surface area contributed by atoms with E-state index in [0.717, 1.165) is 12.1 Å². The number of carbonyl (C=O) groups is 2. The fourth-order valence-electron chi connectivity index (χ4n) is 1.24. The first kappa shape index (κ1) is 14.0. The molecule has 0 bridgehead atoms. The second-order valence-electron chi connectivity index (χ2n) is 4.13. The van der Waals surface area contributed by atoms with Crippen LogP contribution in [-0.2, 0) is 0 Å². The first-order valence-corrected chi connectivity index (χ1v) is 5.39. The zero-order valence-corrected chi connectivity index (χ0v) is 10.4. The predicted octanol–water partition coefficient (Wildman–Crippen LogP) is 2.40. The van der Waals surface area contributed by atoms with E-state index in [2.05, 4.69) is 5.32 Å². The number of carboxylic acid groups (broad SMARTS) is 1. The van der Waals surface area contributed by atoms with Crippen molar-refractivity contribution in [3.05, 3.63) is 29.6 Å². The second kappa shape index (κ2) is 5.48. The van der Waals surface area contributed by atoms with Crippen molar-refractivity contribution >= 4 is 17.7 Å². The van der Waals surface area contributed by atoms with Crippen LogP contribution in [0.15, 0.2) is 18.2 Å². The van der Waals surface area contributed by atoms with Crippen molar-refractivity contribution in [2.24, 2.45) is 0 Å². The van der Waals surface area contributed by atoms with Gasteiger partial charge in [-0.05, 0) is 32.0 Å². The van der Waals surface area contributed by atoms with Gasteiger partial charge in [-0.1, -0.05) is 0 Å². The highest BCUT2D eigenvalue weighted by Crippen LogP contribution is 2.17. The van der Waals surface area contributed by atoms with Crippen molar-refractivity contribution in [2.75, 3.05) is 12.4 Å². The smallest absolute Gasteiger partial charge is 0.337 e. The van der Waals surface area contributed by atoms with Gasteiger partial charge in [-0.3, -0.25) is 0 Å². The van der Waals surface area contributed by atoms with Gasteiger partial charge < -0.3 is 15.3 Å². The summed E-state index contributed by atoms with van der Waals surface area (Å²) in [5, 5.41) is 11.4. The molecule has 0 radical (unpaired) electrons. The Hall–Kier alpha value is -2.11. The first-order chi connectivity index (χ1) is 8.32. The molecule has 0 saturated heterocycles. The minimum atomic E-state index is -1.29. The maximum atomic E-state index is 12.9. The van der Waals surface area contributed by atoms with Gasteiger partial charge in [0.25, 0.3) is 0 Å². The topological polar surface area (TPSA) is 69.6 Å². The molecular weight excluding hydrogens is 239 g/mol. The number of nitrogens with zero attached hydrogens (tertiary/aromatic N) is 1. The number of anilines is 1. The summed E-state index contributed by atoms with van der Waals surface area (Å²) in [5.74, 6) is -1.96. The molecule has 0 aliphatic rings. The van der Waals surface area contributed by atoms with Gasteiger partial charge in [0.2, 0.25) is 0 Å². The summed E-state index contributed by atoms with van der Waals surface area (Å²) in [5.41, 5.74) is -0.207. The van der Waals surface area contributed by atoms with Crippen LogP contribution < -0.4 is 5.32 Å². The summed E-state index contributed by atoms with van der Waals surface area (Å²) in [6.45, 7) is 3.64. The lowest BCUT2D eigenvalue weighted by Gasteiger charge is -2.22. The molecule has 0 fully saturated rings. The number of halogens is 1. The zero-order valence-electron chi connectivity index (χ0n) is 10.4. The Bertz CT molecular complexity index is 474. The number of urea groups is 1. The van der Waals surface area contributed by atoms with Crippen molar-refractivity contribution in [3.8, 4) is 0 Å². The summed E-state index contributed by atoms with van der Waals surface area (Å²) >= 11 is 0. The Morgan fingerprint density at radius 2 is 2.00 bits per heavy atom. The molecule has 2 amide bonds. The van der Waals surface area contributed by atoms with Crippen LogP contribution in [0, 0.1) is 5.82 Å². The van der Waals surface area contributed by atoms with Crippen molar-refractivity contribution in [1.82, 2.24) is 4.90 Å². The van der Waals surface area contributed by atoms with Gasteiger partial charge in [0, 0.05) is 13.1 Å². The monoisotopic (exact) mass is 254 g/mol. The van der Waals surface area contributed by atoms with Gasteiger partial charge >= 0.3 is 12.0 Å². The SMILES string of the molecule is CC(C)N(C)C(=O)Nc1ccc(F)cc1C(=O)O. The first-order valence-electron chi connectivity index (χ1n) is 5.39. The molecule has 0 aromatic heterocycles. The van der Waals surface area contributed by atoms with E-state index >= 15 is 0 Å². The van der Waals surface area contributed by atoms with Crippen LogP contribution in [0.4, 0.5) is 14.9 Å². The molecule has 1 aromatic carbocycles. The summed E-state index contributed by atoms with van der Waals surface area (Å²) in [7, 11) is 1.59. The lowest BCUT2D eigenvalue weighted by atomic mass is 10.1.